The van der Waals surface area contributed by atoms with Crippen LogP contribution in [0.3, 0.4) is 0 Å². The molecule has 0 atom stereocenters. The van der Waals surface area contributed by atoms with Crippen molar-refractivity contribution < 1.29 is 9.53 Å². The van der Waals surface area contributed by atoms with Gasteiger partial charge in [0.2, 0.25) is 5.62 Å². The number of hydrogen-bond acceptors (Lipinski definition) is 4. The molecule has 1 aromatic carbocycles. The fourth-order valence-corrected chi connectivity index (χ4v) is 2.02. The van der Waals surface area contributed by atoms with E-state index >= 15 is 0 Å². The lowest BCUT2D eigenvalue weighted by molar-refractivity contribution is 0.0602. The van der Waals surface area contributed by atoms with E-state index < -0.39 is 5.97 Å². The van der Waals surface area contributed by atoms with E-state index in [-0.39, 0.29) is 5.62 Å². The highest BCUT2D eigenvalue weighted by molar-refractivity contribution is 6.06. The number of imidazole rings is 1. The number of ether oxygens (including phenoxy) is 1. The van der Waals surface area contributed by atoms with Crippen LogP contribution in [0, 0.1) is 5.41 Å². The molecule has 0 aliphatic carbocycles. The number of nitrogens with zero attached hydrogens (tertiary/aromatic N) is 2. The number of hydrogen-bond donors (Lipinski definition) is 2. The Hall–Kier alpha value is -2.63. The molecule has 0 amide bonds. The van der Waals surface area contributed by atoms with Crippen molar-refractivity contribution in [2.45, 2.75) is 0 Å². The maximum absolute atomic E-state index is 11.7. The molecule has 3 aromatic rings. The molecule has 0 bridgehead atoms. The summed E-state index contributed by atoms with van der Waals surface area (Å²) in [6.07, 6.45) is 1.52. The van der Waals surface area contributed by atoms with Crippen molar-refractivity contribution in [3.05, 3.63) is 41.6 Å². The SMILES string of the molecule is COC(=O)c1c[nH]n2c(=N)nc3ccccc1c32. The van der Waals surface area contributed by atoms with Crippen LogP contribution in [-0.4, -0.2) is 27.7 Å². The van der Waals surface area contributed by atoms with Gasteiger partial charge < -0.3 is 4.74 Å². The Balaban J connectivity index is 2.58. The minimum atomic E-state index is -0.422. The van der Waals surface area contributed by atoms with E-state index in [9.17, 15) is 4.79 Å². The molecule has 0 aliphatic rings. The molecular weight excluding hydrogens is 232 g/mol. The quantitative estimate of drug-likeness (QED) is 0.626. The number of H-pyrrole nitrogens is 1. The molecule has 6 heteroatoms. The molecule has 0 unspecified atom stereocenters. The van der Waals surface area contributed by atoms with Gasteiger partial charge in [-0.15, -0.1) is 0 Å². The maximum atomic E-state index is 11.7. The van der Waals surface area contributed by atoms with Gasteiger partial charge in [0, 0.05) is 11.6 Å². The highest BCUT2D eigenvalue weighted by Crippen LogP contribution is 2.20. The summed E-state index contributed by atoms with van der Waals surface area (Å²) in [4.78, 5) is 15.8. The van der Waals surface area contributed by atoms with E-state index in [2.05, 4.69) is 10.1 Å². The summed E-state index contributed by atoms with van der Waals surface area (Å²) in [5.41, 5.74) is 1.87. The Morgan fingerprint density at radius 2 is 2.22 bits per heavy atom. The number of rotatable bonds is 1. The predicted molar refractivity (Wildman–Crippen MR) is 64.2 cm³/mol. The Morgan fingerprint density at radius 1 is 1.44 bits per heavy atom. The molecule has 0 fully saturated rings. The first-order valence-corrected chi connectivity index (χ1v) is 5.34. The topological polar surface area (TPSA) is 83.2 Å². The van der Waals surface area contributed by atoms with Gasteiger partial charge in [-0.3, -0.25) is 10.5 Å². The fourth-order valence-electron chi connectivity index (χ4n) is 2.02. The van der Waals surface area contributed by atoms with Gasteiger partial charge in [0.1, 0.15) is 5.52 Å². The van der Waals surface area contributed by atoms with Gasteiger partial charge >= 0.3 is 5.97 Å². The lowest BCUT2D eigenvalue weighted by Crippen LogP contribution is -2.14. The molecule has 3 rings (SSSR count). The Labute approximate surface area is 101 Å². The van der Waals surface area contributed by atoms with Crippen LogP contribution >= 0.6 is 0 Å². The van der Waals surface area contributed by atoms with E-state index in [0.717, 1.165) is 0 Å². The molecule has 0 aliphatic heterocycles. The molecule has 18 heavy (non-hydrogen) atoms. The third-order valence-corrected chi connectivity index (χ3v) is 2.82. The predicted octanol–water partition coefficient (Wildman–Crippen LogP) is 1.08. The number of methoxy groups -OCH3 is 1. The number of carbonyl (C=O) groups is 1. The number of aromatic amines is 1. The zero-order valence-corrected chi connectivity index (χ0v) is 9.60. The summed E-state index contributed by atoms with van der Waals surface area (Å²) in [6.45, 7) is 0. The number of esters is 1. The van der Waals surface area contributed by atoms with Crippen molar-refractivity contribution >= 4 is 22.4 Å². The van der Waals surface area contributed by atoms with Crippen molar-refractivity contribution in [2.24, 2.45) is 0 Å². The van der Waals surface area contributed by atoms with Gasteiger partial charge in [0.15, 0.2) is 0 Å². The van der Waals surface area contributed by atoms with Crippen LogP contribution < -0.4 is 5.62 Å². The highest BCUT2D eigenvalue weighted by atomic mass is 16.5. The van der Waals surface area contributed by atoms with Crippen LogP contribution in [0.15, 0.2) is 30.5 Å². The molecular formula is C12H10N4O2. The van der Waals surface area contributed by atoms with Gasteiger partial charge in [-0.25, -0.2) is 14.3 Å². The van der Waals surface area contributed by atoms with E-state index in [4.69, 9.17) is 10.1 Å². The van der Waals surface area contributed by atoms with Crippen molar-refractivity contribution in [1.82, 2.24) is 14.6 Å². The van der Waals surface area contributed by atoms with Crippen molar-refractivity contribution in [3.63, 3.8) is 0 Å². The van der Waals surface area contributed by atoms with Crippen molar-refractivity contribution in [2.75, 3.05) is 7.11 Å². The summed E-state index contributed by atoms with van der Waals surface area (Å²) in [5.74, 6) is -0.422. The second-order valence-electron chi connectivity index (χ2n) is 3.82. The second-order valence-corrected chi connectivity index (χ2v) is 3.82. The van der Waals surface area contributed by atoms with E-state index in [1.54, 1.807) is 6.07 Å². The van der Waals surface area contributed by atoms with Crippen molar-refractivity contribution in [1.29, 1.82) is 5.41 Å². The highest BCUT2D eigenvalue weighted by Gasteiger charge is 2.14. The molecule has 2 aromatic heterocycles. The third kappa shape index (κ3) is 1.32. The summed E-state index contributed by atoms with van der Waals surface area (Å²) >= 11 is 0. The van der Waals surface area contributed by atoms with E-state index in [1.807, 2.05) is 18.2 Å². The normalized spacial score (nSPS) is 10.9. The van der Waals surface area contributed by atoms with Crippen LogP contribution in [-0.2, 0) is 4.74 Å². The molecule has 90 valence electrons. The zero-order chi connectivity index (χ0) is 12.7. The smallest absolute Gasteiger partial charge is 0.340 e. The lowest BCUT2D eigenvalue weighted by atomic mass is 10.2. The summed E-state index contributed by atoms with van der Waals surface area (Å²) in [6, 6.07) is 7.26. The Kier molecular flexibility index (Phi) is 2.16. The molecule has 0 spiro atoms. The standard InChI is InChI=1S/C12H10N4O2/c1-18-11(17)8-6-14-16-10-7(8)4-2-3-5-9(10)15-12(16)13/h2-6,13-14H,1H3. The van der Waals surface area contributed by atoms with Gasteiger partial charge in [-0.05, 0) is 6.07 Å². The van der Waals surface area contributed by atoms with Crippen LogP contribution in [0.5, 0.6) is 0 Å². The lowest BCUT2D eigenvalue weighted by Gasteiger charge is -2.03. The van der Waals surface area contributed by atoms with Crippen LogP contribution in [0.1, 0.15) is 10.4 Å². The molecule has 6 nitrogen and oxygen atoms in total. The van der Waals surface area contributed by atoms with Crippen LogP contribution in [0.25, 0.3) is 16.4 Å². The van der Waals surface area contributed by atoms with E-state index in [0.29, 0.717) is 22.0 Å². The number of carbonyl (C=O) groups excluding carboxylic acids is 1. The van der Waals surface area contributed by atoms with Crippen LogP contribution in [0.2, 0.25) is 0 Å². The van der Waals surface area contributed by atoms with Gasteiger partial charge in [-0.2, -0.15) is 0 Å². The second kappa shape index (κ2) is 3.69. The molecule has 0 radical (unpaired) electrons. The summed E-state index contributed by atoms with van der Waals surface area (Å²) in [7, 11) is 1.34. The number of aromatic nitrogens is 3. The van der Waals surface area contributed by atoms with E-state index in [1.165, 1.54) is 17.8 Å². The Bertz CT molecular complexity index is 816. The Morgan fingerprint density at radius 3 is 3.00 bits per heavy atom. The largest absolute Gasteiger partial charge is 0.465 e. The maximum Gasteiger partial charge on any atom is 0.340 e. The fraction of sp³-hybridized carbons (Fsp3) is 0.0833. The summed E-state index contributed by atoms with van der Waals surface area (Å²) in [5, 5.41) is 11.3. The first-order valence-electron chi connectivity index (χ1n) is 5.34. The molecule has 0 saturated heterocycles. The minimum absolute atomic E-state index is 0.0950. The monoisotopic (exact) mass is 242 g/mol. The van der Waals surface area contributed by atoms with Gasteiger partial charge in [0.25, 0.3) is 0 Å². The molecule has 0 saturated carbocycles. The van der Waals surface area contributed by atoms with Crippen LogP contribution in [0.4, 0.5) is 0 Å². The zero-order valence-electron chi connectivity index (χ0n) is 9.60. The van der Waals surface area contributed by atoms with Gasteiger partial charge in [-0.1, -0.05) is 18.2 Å². The molecule has 2 heterocycles. The first kappa shape index (κ1) is 10.5. The van der Waals surface area contributed by atoms with Crippen molar-refractivity contribution in [3.8, 4) is 0 Å². The first-order chi connectivity index (χ1) is 8.72. The minimum Gasteiger partial charge on any atom is -0.465 e. The molecule has 2 N–H and O–H groups in total. The van der Waals surface area contributed by atoms with Gasteiger partial charge in [0.05, 0.1) is 18.2 Å². The third-order valence-electron chi connectivity index (χ3n) is 2.82. The average molecular weight is 242 g/mol. The average Bonchev–Trinajstić information content (AvgIpc) is 2.58. The number of nitrogens with one attached hydrogen (secondary N) is 2. The summed E-state index contributed by atoms with van der Waals surface area (Å²) < 4.78 is 6.27.